The van der Waals surface area contributed by atoms with Crippen LogP contribution >= 0.6 is 0 Å². The second-order valence-corrected chi connectivity index (χ2v) is 4.24. The second kappa shape index (κ2) is 6.58. The zero-order chi connectivity index (χ0) is 13.5. The summed E-state index contributed by atoms with van der Waals surface area (Å²) >= 11 is 0. The van der Waals surface area contributed by atoms with Gasteiger partial charge in [0, 0.05) is 11.9 Å². The number of hydrogen-bond acceptors (Lipinski definition) is 4. The Morgan fingerprint density at radius 1 is 1.37 bits per heavy atom. The Balaban J connectivity index is 1.77. The molecule has 1 heterocycles. The van der Waals surface area contributed by atoms with Crippen LogP contribution in [0.4, 0.5) is 0 Å². The molecule has 0 bridgehead atoms. The molecule has 0 aliphatic rings. The standard InChI is InChI=1S/C14H17N3O2/c1-11(17-18)12-4-6-14(7-5-12)19-8-2-3-13-9-15-10-16-13/h4-7,9-10,18H,2-3,8H2,1H3,(H,15,16)/b17-11+. The van der Waals surface area contributed by atoms with Crippen LogP contribution in [0.15, 0.2) is 41.9 Å². The predicted molar refractivity (Wildman–Crippen MR) is 72.8 cm³/mol. The zero-order valence-corrected chi connectivity index (χ0v) is 10.8. The van der Waals surface area contributed by atoms with Crippen LogP contribution in [0.25, 0.3) is 0 Å². The number of aromatic amines is 1. The zero-order valence-electron chi connectivity index (χ0n) is 10.8. The molecule has 100 valence electrons. The maximum Gasteiger partial charge on any atom is 0.119 e. The lowest BCUT2D eigenvalue weighted by atomic mass is 10.1. The third-order valence-electron chi connectivity index (χ3n) is 2.84. The largest absolute Gasteiger partial charge is 0.494 e. The molecule has 1 aromatic carbocycles. The quantitative estimate of drug-likeness (QED) is 0.362. The molecule has 0 unspecified atom stereocenters. The third kappa shape index (κ3) is 3.84. The van der Waals surface area contributed by atoms with E-state index in [4.69, 9.17) is 9.94 Å². The van der Waals surface area contributed by atoms with Gasteiger partial charge in [-0.15, -0.1) is 0 Å². The third-order valence-corrected chi connectivity index (χ3v) is 2.84. The van der Waals surface area contributed by atoms with Gasteiger partial charge in [0.25, 0.3) is 0 Å². The molecule has 5 nitrogen and oxygen atoms in total. The van der Waals surface area contributed by atoms with E-state index in [1.54, 1.807) is 13.3 Å². The van der Waals surface area contributed by atoms with Crippen molar-refractivity contribution in [2.45, 2.75) is 19.8 Å². The van der Waals surface area contributed by atoms with Gasteiger partial charge in [-0.3, -0.25) is 0 Å². The summed E-state index contributed by atoms with van der Waals surface area (Å²) < 4.78 is 5.64. The first kappa shape index (κ1) is 13.1. The first-order chi connectivity index (χ1) is 9.29. The molecule has 1 aromatic heterocycles. The molecule has 2 aromatic rings. The molecule has 0 amide bonds. The van der Waals surface area contributed by atoms with E-state index >= 15 is 0 Å². The number of ether oxygens (including phenoxy) is 1. The van der Waals surface area contributed by atoms with Crippen molar-refractivity contribution in [2.75, 3.05) is 6.61 Å². The summed E-state index contributed by atoms with van der Waals surface area (Å²) in [6.07, 6.45) is 5.36. The molecule has 19 heavy (non-hydrogen) atoms. The Labute approximate surface area is 111 Å². The van der Waals surface area contributed by atoms with Crippen molar-refractivity contribution >= 4 is 5.71 Å². The highest BCUT2D eigenvalue weighted by atomic mass is 16.5. The monoisotopic (exact) mass is 259 g/mol. The summed E-state index contributed by atoms with van der Waals surface area (Å²) in [5, 5.41) is 11.8. The molecule has 2 N–H and O–H groups in total. The van der Waals surface area contributed by atoms with E-state index in [9.17, 15) is 0 Å². The molecular weight excluding hydrogens is 242 g/mol. The fraction of sp³-hybridized carbons (Fsp3) is 0.286. The fourth-order valence-corrected chi connectivity index (χ4v) is 1.72. The van der Waals surface area contributed by atoms with E-state index in [-0.39, 0.29) is 0 Å². The van der Waals surface area contributed by atoms with Gasteiger partial charge in [0.05, 0.1) is 18.6 Å². The SMILES string of the molecule is C/C(=N\O)c1ccc(OCCCc2cnc[nH]2)cc1. The van der Waals surface area contributed by atoms with Crippen LogP contribution < -0.4 is 4.74 Å². The van der Waals surface area contributed by atoms with E-state index in [1.807, 2.05) is 30.5 Å². The van der Waals surface area contributed by atoms with Crippen molar-refractivity contribution in [1.82, 2.24) is 9.97 Å². The lowest BCUT2D eigenvalue weighted by molar-refractivity contribution is 0.310. The molecule has 0 spiro atoms. The van der Waals surface area contributed by atoms with E-state index < -0.39 is 0 Å². The fourth-order valence-electron chi connectivity index (χ4n) is 1.72. The Kier molecular flexibility index (Phi) is 4.55. The van der Waals surface area contributed by atoms with Gasteiger partial charge < -0.3 is 14.9 Å². The first-order valence-electron chi connectivity index (χ1n) is 6.19. The number of nitrogens with zero attached hydrogens (tertiary/aromatic N) is 2. The number of H-pyrrole nitrogens is 1. The number of benzene rings is 1. The highest BCUT2D eigenvalue weighted by Crippen LogP contribution is 2.13. The highest BCUT2D eigenvalue weighted by molar-refractivity contribution is 5.98. The van der Waals surface area contributed by atoms with E-state index in [0.717, 1.165) is 29.8 Å². The van der Waals surface area contributed by atoms with Crippen LogP contribution in [0.2, 0.25) is 0 Å². The average Bonchev–Trinajstić information content (AvgIpc) is 2.96. The van der Waals surface area contributed by atoms with Crippen molar-refractivity contribution in [2.24, 2.45) is 5.16 Å². The molecule has 0 saturated carbocycles. The van der Waals surface area contributed by atoms with Crippen LogP contribution in [0, 0.1) is 0 Å². The Bertz CT molecular complexity index is 518. The second-order valence-electron chi connectivity index (χ2n) is 4.24. The van der Waals surface area contributed by atoms with Crippen LogP contribution in [0.5, 0.6) is 5.75 Å². The van der Waals surface area contributed by atoms with E-state index in [0.29, 0.717) is 12.3 Å². The van der Waals surface area contributed by atoms with Gasteiger partial charge in [-0.25, -0.2) is 4.98 Å². The summed E-state index contributed by atoms with van der Waals surface area (Å²) in [5.74, 6) is 0.819. The molecule has 2 rings (SSSR count). The van der Waals surface area contributed by atoms with Crippen LogP contribution in [0.1, 0.15) is 24.6 Å². The smallest absolute Gasteiger partial charge is 0.119 e. The average molecular weight is 259 g/mol. The number of aromatic nitrogens is 2. The number of hydrogen-bond donors (Lipinski definition) is 2. The normalized spacial score (nSPS) is 11.5. The van der Waals surface area contributed by atoms with E-state index in [2.05, 4.69) is 15.1 Å². The van der Waals surface area contributed by atoms with Gasteiger partial charge in [0.15, 0.2) is 0 Å². The van der Waals surface area contributed by atoms with Crippen LogP contribution in [0.3, 0.4) is 0 Å². The van der Waals surface area contributed by atoms with Crippen molar-refractivity contribution < 1.29 is 9.94 Å². The minimum atomic E-state index is 0.589. The Morgan fingerprint density at radius 2 is 2.16 bits per heavy atom. The lowest BCUT2D eigenvalue weighted by Gasteiger charge is -2.06. The minimum Gasteiger partial charge on any atom is -0.494 e. The number of aryl methyl sites for hydroxylation is 1. The molecule has 0 aliphatic heterocycles. The maximum absolute atomic E-state index is 8.67. The van der Waals surface area contributed by atoms with Crippen molar-refractivity contribution in [1.29, 1.82) is 0 Å². The summed E-state index contributed by atoms with van der Waals surface area (Å²) in [7, 11) is 0. The van der Waals surface area contributed by atoms with Gasteiger partial charge in [-0.05, 0) is 49.6 Å². The highest BCUT2D eigenvalue weighted by Gasteiger charge is 1.99. The van der Waals surface area contributed by atoms with Gasteiger partial charge in [-0.1, -0.05) is 5.16 Å². The summed E-state index contributed by atoms with van der Waals surface area (Å²) in [6.45, 7) is 2.41. The van der Waals surface area contributed by atoms with Gasteiger partial charge >= 0.3 is 0 Å². The number of rotatable bonds is 6. The van der Waals surface area contributed by atoms with Gasteiger partial charge in [-0.2, -0.15) is 0 Å². The lowest BCUT2D eigenvalue weighted by Crippen LogP contribution is -2.00. The van der Waals surface area contributed by atoms with Crippen molar-refractivity contribution in [3.8, 4) is 5.75 Å². The predicted octanol–water partition coefficient (Wildman–Crippen LogP) is 2.62. The summed E-state index contributed by atoms with van der Waals surface area (Å²) in [4.78, 5) is 7.02. The number of oxime groups is 1. The molecule has 0 aliphatic carbocycles. The molecular formula is C14H17N3O2. The Hall–Kier alpha value is -2.30. The Morgan fingerprint density at radius 3 is 2.79 bits per heavy atom. The van der Waals surface area contributed by atoms with Crippen LogP contribution in [-0.4, -0.2) is 27.5 Å². The van der Waals surface area contributed by atoms with Crippen molar-refractivity contribution in [3.05, 3.63) is 48.0 Å². The van der Waals surface area contributed by atoms with E-state index in [1.165, 1.54) is 0 Å². The van der Waals surface area contributed by atoms with Crippen LogP contribution in [-0.2, 0) is 6.42 Å². The topological polar surface area (TPSA) is 70.5 Å². The number of nitrogens with one attached hydrogen (secondary N) is 1. The molecule has 0 radical (unpaired) electrons. The summed E-state index contributed by atoms with van der Waals surface area (Å²) in [5.41, 5.74) is 2.59. The minimum absolute atomic E-state index is 0.589. The molecule has 0 atom stereocenters. The summed E-state index contributed by atoms with van der Waals surface area (Å²) in [6, 6.07) is 7.50. The first-order valence-corrected chi connectivity index (χ1v) is 6.19. The maximum atomic E-state index is 8.67. The number of imidazole rings is 1. The van der Waals surface area contributed by atoms with Gasteiger partial charge in [0.1, 0.15) is 5.75 Å². The molecule has 0 saturated heterocycles. The van der Waals surface area contributed by atoms with Gasteiger partial charge in [0.2, 0.25) is 0 Å². The molecule has 5 heteroatoms. The van der Waals surface area contributed by atoms with Crippen molar-refractivity contribution in [3.63, 3.8) is 0 Å². The molecule has 0 fully saturated rings.